The lowest BCUT2D eigenvalue weighted by molar-refractivity contribution is 0.0935. The van der Waals surface area contributed by atoms with E-state index in [1.165, 1.54) is 10.5 Å². The van der Waals surface area contributed by atoms with Gasteiger partial charge in [0.25, 0.3) is 11.5 Å². The standard InChI is InChI=1S/C22H27N5O3/c1-14-8-9-18-25-20-17(22(29)27(18)13-14)12-16(19(23)26(20)10-5-11-30-2)21(28)24-15-6-3-4-7-15/h8-9,12-13,15,23H,3-7,10-11H2,1-2H3,(H,24,28). The first-order chi connectivity index (χ1) is 14.5. The van der Waals surface area contributed by atoms with Crippen molar-refractivity contribution in [3.8, 4) is 0 Å². The van der Waals surface area contributed by atoms with Crippen molar-refractivity contribution in [3.05, 3.63) is 51.4 Å². The zero-order chi connectivity index (χ0) is 21.3. The van der Waals surface area contributed by atoms with Crippen LogP contribution in [0, 0.1) is 12.3 Å². The van der Waals surface area contributed by atoms with Gasteiger partial charge in [-0.15, -0.1) is 0 Å². The van der Waals surface area contributed by atoms with Crippen molar-refractivity contribution in [3.63, 3.8) is 0 Å². The lowest BCUT2D eigenvalue weighted by Gasteiger charge is -2.16. The molecule has 2 N–H and O–H groups in total. The number of fused-ring (bicyclic) bond motifs is 2. The van der Waals surface area contributed by atoms with Crippen molar-refractivity contribution in [1.82, 2.24) is 19.3 Å². The number of hydrogen-bond acceptors (Lipinski definition) is 5. The van der Waals surface area contributed by atoms with Crippen LogP contribution in [0.5, 0.6) is 0 Å². The number of aromatic nitrogens is 3. The number of rotatable bonds is 6. The van der Waals surface area contributed by atoms with E-state index in [4.69, 9.17) is 10.1 Å². The number of pyridine rings is 2. The SMILES string of the molecule is COCCCn1c(=N)c(C(=O)NC2CCCC2)cc2c(=O)n3cc(C)ccc3nc21. The lowest BCUT2D eigenvalue weighted by Crippen LogP contribution is -2.38. The van der Waals surface area contributed by atoms with E-state index in [1.54, 1.807) is 23.9 Å². The molecule has 8 heteroatoms. The van der Waals surface area contributed by atoms with Gasteiger partial charge >= 0.3 is 0 Å². The Bertz CT molecular complexity index is 1220. The topological polar surface area (TPSA) is 101 Å². The normalized spacial score (nSPS) is 14.6. The molecule has 3 heterocycles. The summed E-state index contributed by atoms with van der Waals surface area (Å²) in [5, 5.41) is 12.1. The first-order valence-corrected chi connectivity index (χ1v) is 10.4. The van der Waals surface area contributed by atoms with Crippen LogP contribution in [0.4, 0.5) is 0 Å². The molecule has 1 amide bonds. The largest absolute Gasteiger partial charge is 0.385 e. The molecule has 0 bridgehead atoms. The third kappa shape index (κ3) is 3.75. The second-order valence-electron chi connectivity index (χ2n) is 7.95. The van der Waals surface area contributed by atoms with Gasteiger partial charge in [0, 0.05) is 32.5 Å². The molecule has 1 saturated carbocycles. The number of carbonyl (C=O) groups is 1. The summed E-state index contributed by atoms with van der Waals surface area (Å²) in [5.74, 6) is -0.303. The van der Waals surface area contributed by atoms with E-state index in [0.717, 1.165) is 31.2 Å². The first-order valence-electron chi connectivity index (χ1n) is 10.4. The minimum absolute atomic E-state index is 0.0671. The molecule has 158 valence electrons. The van der Waals surface area contributed by atoms with Crippen molar-refractivity contribution in [1.29, 1.82) is 5.41 Å². The van der Waals surface area contributed by atoms with Gasteiger partial charge in [-0.25, -0.2) is 4.98 Å². The Morgan fingerprint density at radius 3 is 2.83 bits per heavy atom. The molecule has 4 rings (SSSR count). The highest BCUT2D eigenvalue weighted by molar-refractivity contribution is 5.97. The van der Waals surface area contributed by atoms with Gasteiger partial charge in [-0.3, -0.25) is 19.4 Å². The minimum Gasteiger partial charge on any atom is -0.385 e. The van der Waals surface area contributed by atoms with Gasteiger partial charge in [-0.2, -0.15) is 0 Å². The molecule has 0 aromatic carbocycles. The molecule has 30 heavy (non-hydrogen) atoms. The molecule has 1 fully saturated rings. The number of methoxy groups -OCH3 is 1. The fourth-order valence-corrected chi connectivity index (χ4v) is 4.13. The molecule has 1 aliphatic rings. The number of aryl methyl sites for hydroxylation is 2. The summed E-state index contributed by atoms with van der Waals surface area (Å²) in [7, 11) is 1.62. The van der Waals surface area contributed by atoms with E-state index < -0.39 is 0 Å². The number of carbonyl (C=O) groups excluding carboxylic acids is 1. The Labute approximate surface area is 174 Å². The smallest absolute Gasteiger partial charge is 0.267 e. The predicted molar refractivity (Wildman–Crippen MR) is 114 cm³/mol. The van der Waals surface area contributed by atoms with Crippen LogP contribution in [0.15, 0.2) is 29.2 Å². The van der Waals surface area contributed by atoms with Crippen LogP contribution in [-0.4, -0.2) is 39.6 Å². The van der Waals surface area contributed by atoms with E-state index in [1.807, 2.05) is 13.0 Å². The van der Waals surface area contributed by atoms with Crippen LogP contribution in [0.1, 0.15) is 48.0 Å². The van der Waals surface area contributed by atoms with Gasteiger partial charge in [0.1, 0.15) is 16.8 Å². The average Bonchev–Trinajstić information content (AvgIpc) is 3.23. The fourth-order valence-electron chi connectivity index (χ4n) is 4.13. The summed E-state index contributed by atoms with van der Waals surface area (Å²) in [6.45, 7) is 2.86. The van der Waals surface area contributed by atoms with E-state index in [0.29, 0.717) is 36.3 Å². The van der Waals surface area contributed by atoms with Crippen molar-refractivity contribution < 1.29 is 9.53 Å². The maximum atomic E-state index is 13.2. The van der Waals surface area contributed by atoms with Crippen molar-refractivity contribution in [2.75, 3.05) is 13.7 Å². The molecule has 1 aliphatic carbocycles. The molecule has 0 spiro atoms. The van der Waals surface area contributed by atoms with E-state index in [-0.39, 0.29) is 28.6 Å². The zero-order valence-corrected chi connectivity index (χ0v) is 17.4. The minimum atomic E-state index is -0.303. The molecule has 8 nitrogen and oxygen atoms in total. The lowest BCUT2D eigenvalue weighted by atomic mass is 10.1. The summed E-state index contributed by atoms with van der Waals surface area (Å²) in [6, 6.07) is 5.35. The zero-order valence-electron chi connectivity index (χ0n) is 17.4. The summed E-state index contributed by atoms with van der Waals surface area (Å²) in [6.07, 6.45) is 6.49. The Hall–Kier alpha value is -3.00. The van der Waals surface area contributed by atoms with E-state index >= 15 is 0 Å². The van der Waals surface area contributed by atoms with Crippen LogP contribution in [0.3, 0.4) is 0 Å². The third-order valence-corrected chi connectivity index (χ3v) is 5.72. The molecular weight excluding hydrogens is 382 g/mol. The van der Waals surface area contributed by atoms with Gasteiger partial charge in [-0.05, 0) is 43.9 Å². The maximum absolute atomic E-state index is 13.2. The Balaban J connectivity index is 1.91. The molecule has 0 unspecified atom stereocenters. The second kappa shape index (κ2) is 8.39. The Kier molecular flexibility index (Phi) is 5.67. The second-order valence-corrected chi connectivity index (χ2v) is 7.95. The molecular formula is C22H27N5O3. The van der Waals surface area contributed by atoms with Gasteiger partial charge < -0.3 is 14.6 Å². The van der Waals surface area contributed by atoms with Crippen LogP contribution in [0.25, 0.3) is 16.7 Å². The third-order valence-electron chi connectivity index (χ3n) is 5.72. The Morgan fingerprint density at radius 2 is 2.10 bits per heavy atom. The van der Waals surface area contributed by atoms with Gasteiger partial charge in [0.2, 0.25) is 0 Å². The highest BCUT2D eigenvalue weighted by atomic mass is 16.5. The number of amides is 1. The van der Waals surface area contributed by atoms with Gasteiger partial charge in [-0.1, -0.05) is 18.9 Å². The van der Waals surface area contributed by atoms with Crippen LogP contribution < -0.4 is 16.4 Å². The summed E-state index contributed by atoms with van der Waals surface area (Å²) in [4.78, 5) is 30.9. The van der Waals surface area contributed by atoms with Crippen LogP contribution in [-0.2, 0) is 11.3 Å². The van der Waals surface area contributed by atoms with Gasteiger partial charge in [0.05, 0.1) is 10.9 Å². The molecule has 3 aromatic heterocycles. The van der Waals surface area contributed by atoms with Crippen molar-refractivity contribution >= 4 is 22.6 Å². The van der Waals surface area contributed by atoms with Crippen LogP contribution >= 0.6 is 0 Å². The Morgan fingerprint density at radius 1 is 1.33 bits per heavy atom. The average molecular weight is 409 g/mol. The number of hydrogen-bond donors (Lipinski definition) is 2. The summed E-state index contributed by atoms with van der Waals surface area (Å²) in [5.41, 5.74) is 1.91. The predicted octanol–water partition coefficient (Wildman–Crippen LogP) is 2.15. The molecule has 0 saturated heterocycles. The highest BCUT2D eigenvalue weighted by Crippen LogP contribution is 2.18. The van der Waals surface area contributed by atoms with Gasteiger partial charge in [0.15, 0.2) is 0 Å². The monoisotopic (exact) mass is 409 g/mol. The number of nitrogens with zero attached hydrogens (tertiary/aromatic N) is 3. The molecule has 0 radical (unpaired) electrons. The molecule has 0 aliphatic heterocycles. The summed E-state index contributed by atoms with van der Waals surface area (Å²) >= 11 is 0. The fraction of sp³-hybridized carbons (Fsp3) is 0.455. The quantitative estimate of drug-likeness (QED) is 0.481. The highest BCUT2D eigenvalue weighted by Gasteiger charge is 2.21. The van der Waals surface area contributed by atoms with Crippen LogP contribution in [0.2, 0.25) is 0 Å². The maximum Gasteiger partial charge on any atom is 0.267 e. The van der Waals surface area contributed by atoms with Crippen molar-refractivity contribution in [2.24, 2.45) is 0 Å². The van der Waals surface area contributed by atoms with E-state index in [2.05, 4.69) is 10.3 Å². The number of nitrogens with one attached hydrogen (secondary N) is 2. The molecule has 3 aromatic rings. The molecule has 0 atom stereocenters. The first kappa shape index (κ1) is 20.3. The van der Waals surface area contributed by atoms with Crippen molar-refractivity contribution in [2.45, 2.75) is 51.6 Å². The summed E-state index contributed by atoms with van der Waals surface area (Å²) < 4.78 is 8.30. The number of ether oxygens (including phenoxy) is 1. The van der Waals surface area contributed by atoms with E-state index in [9.17, 15) is 9.59 Å².